The van der Waals surface area contributed by atoms with E-state index in [9.17, 15) is 19.5 Å². The van der Waals surface area contributed by atoms with Crippen molar-refractivity contribution in [3.05, 3.63) is 54.6 Å². The van der Waals surface area contributed by atoms with Gasteiger partial charge in [0.15, 0.2) is 0 Å². The van der Waals surface area contributed by atoms with Crippen LogP contribution in [0.3, 0.4) is 0 Å². The van der Waals surface area contributed by atoms with E-state index in [4.69, 9.17) is 16.3 Å². The Morgan fingerprint density at radius 3 is 2.47 bits per heavy atom. The van der Waals surface area contributed by atoms with E-state index in [-0.39, 0.29) is 37.4 Å². The first-order valence-electron chi connectivity index (χ1n) is 12.3. The maximum atomic E-state index is 14.3. The smallest absolute Gasteiger partial charge is 0.253 e. The van der Waals surface area contributed by atoms with E-state index in [1.54, 1.807) is 53.3 Å². The number of aliphatic hydroxyl groups is 1. The summed E-state index contributed by atoms with van der Waals surface area (Å²) in [5.74, 6) is -2.25. The average Bonchev–Trinajstić information content (AvgIpc) is 3.42. The molecule has 9 heteroatoms. The van der Waals surface area contributed by atoms with Gasteiger partial charge in [0.1, 0.15) is 11.6 Å². The van der Waals surface area contributed by atoms with E-state index in [0.717, 1.165) is 0 Å². The zero-order chi connectivity index (χ0) is 26.3. The van der Waals surface area contributed by atoms with Gasteiger partial charge in [0.25, 0.3) is 5.91 Å². The summed E-state index contributed by atoms with van der Waals surface area (Å²) in [6.45, 7) is 10.0. The number of fused-ring (bicyclic) bond motifs is 1. The lowest BCUT2D eigenvalue weighted by Gasteiger charge is -2.36. The number of carbonyl (C=O) groups is 3. The highest BCUT2D eigenvalue weighted by Gasteiger charge is 2.78. The molecule has 3 aliphatic rings. The Bertz CT molecular complexity index is 1060. The Morgan fingerprint density at radius 2 is 1.86 bits per heavy atom. The molecule has 3 heterocycles. The summed E-state index contributed by atoms with van der Waals surface area (Å²) in [6, 6.07) is 5.97. The molecule has 3 aliphatic heterocycles. The van der Waals surface area contributed by atoms with Gasteiger partial charge in [-0.25, -0.2) is 0 Å². The third kappa shape index (κ3) is 4.05. The van der Waals surface area contributed by atoms with Gasteiger partial charge in [-0.3, -0.25) is 14.4 Å². The minimum atomic E-state index is -1.13. The summed E-state index contributed by atoms with van der Waals surface area (Å²) in [4.78, 5) is 46.5. The predicted molar refractivity (Wildman–Crippen MR) is 137 cm³/mol. The van der Waals surface area contributed by atoms with Crippen molar-refractivity contribution in [2.45, 2.75) is 43.4 Å². The van der Waals surface area contributed by atoms with E-state index < -0.39 is 29.1 Å². The quantitative estimate of drug-likeness (QED) is 0.484. The lowest BCUT2D eigenvalue weighted by atomic mass is 9.66. The van der Waals surface area contributed by atoms with E-state index in [1.807, 2.05) is 6.92 Å². The SMILES string of the molecule is C=CCN(C)C(=O)[C@@H]1[C@H]2C(=O)N(CCCO)C(C(=O)N(CC=C)c3ccc(Cl)cc3)C23CC[C@@]1(C)O3. The van der Waals surface area contributed by atoms with Crippen molar-refractivity contribution in [3.63, 3.8) is 0 Å². The van der Waals surface area contributed by atoms with Crippen LogP contribution in [0.25, 0.3) is 0 Å². The van der Waals surface area contributed by atoms with Crippen molar-refractivity contribution in [1.82, 2.24) is 9.80 Å². The van der Waals surface area contributed by atoms with Gasteiger partial charge in [-0.2, -0.15) is 0 Å². The third-order valence-electron chi connectivity index (χ3n) is 7.83. The van der Waals surface area contributed by atoms with Crippen LogP contribution in [0.1, 0.15) is 26.2 Å². The van der Waals surface area contributed by atoms with Crippen molar-refractivity contribution in [3.8, 4) is 0 Å². The van der Waals surface area contributed by atoms with Gasteiger partial charge in [0, 0.05) is 44.0 Å². The molecule has 0 aliphatic carbocycles. The van der Waals surface area contributed by atoms with Crippen molar-refractivity contribution in [2.24, 2.45) is 11.8 Å². The van der Waals surface area contributed by atoms with Crippen molar-refractivity contribution < 1.29 is 24.2 Å². The van der Waals surface area contributed by atoms with Crippen LogP contribution in [0.4, 0.5) is 5.69 Å². The van der Waals surface area contributed by atoms with Gasteiger partial charge in [-0.15, -0.1) is 13.2 Å². The second-order valence-electron chi connectivity index (χ2n) is 10.1. The Labute approximate surface area is 217 Å². The van der Waals surface area contributed by atoms with Crippen molar-refractivity contribution >= 4 is 35.0 Å². The number of rotatable bonds is 10. The summed E-state index contributed by atoms with van der Waals surface area (Å²) in [5.41, 5.74) is -1.35. The second-order valence-corrected chi connectivity index (χ2v) is 10.5. The molecular formula is C27H34ClN3O5. The summed E-state index contributed by atoms with van der Waals surface area (Å²) >= 11 is 6.07. The molecule has 36 heavy (non-hydrogen) atoms. The Kier molecular flexibility index (Phi) is 7.33. The molecular weight excluding hydrogens is 482 g/mol. The first-order valence-corrected chi connectivity index (χ1v) is 12.7. The zero-order valence-electron chi connectivity index (χ0n) is 20.9. The molecule has 1 spiro atoms. The van der Waals surface area contributed by atoms with Gasteiger partial charge in [-0.05, 0) is 50.5 Å². The number of hydrogen-bond donors (Lipinski definition) is 1. The Hall–Kier alpha value is -2.68. The van der Waals surface area contributed by atoms with Crippen LogP contribution in [0.5, 0.6) is 0 Å². The Morgan fingerprint density at radius 1 is 1.19 bits per heavy atom. The van der Waals surface area contributed by atoms with Crippen molar-refractivity contribution in [1.29, 1.82) is 0 Å². The lowest BCUT2D eigenvalue weighted by Crippen LogP contribution is -2.56. The number of anilines is 1. The highest BCUT2D eigenvalue weighted by Crippen LogP contribution is 2.63. The number of halogens is 1. The molecule has 4 rings (SSSR count). The number of likely N-dealkylation sites (tertiary alicyclic amines) is 1. The van der Waals surface area contributed by atoms with E-state index >= 15 is 0 Å². The van der Waals surface area contributed by atoms with Crippen LogP contribution in [0.2, 0.25) is 5.02 Å². The Balaban J connectivity index is 1.79. The molecule has 0 saturated carbocycles. The summed E-state index contributed by atoms with van der Waals surface area (Å²) < 4.78 is 6.64. The van der Waals surface area contributed by atoms with Gasteiger partial charge >= 0.3 is 0 Å². The van der Waals surface area contributed by atoms with E-state index in [0.29, 0.717) is 36.5 Å². The maximum Gasteiger partial charge on any atom is 0.253 e. The molecule has 5 atom stereocenters. The fraction of sp³-hybridized carbons (Fsp3) is 0.519. The number of hydrogen-bond acceptors (Lipinski definition) is 5. The van der Waals surface area contributed by atoms with Gasteiger partial charge in [0.2, 0.25) is 11.8 Å². The number of carbonyl (C=O) groups excluding carboxylic acids is 3. The number of ether oxygens (including phenoxy) is 1. The highest BCUT2D eigenvalue weighted by atomic mass is 35.5. The van der Waals surface area contributed by atoms with Crippen LogP contribution in [0.15, 0.2) is 49.6 Å². The monoisotopic (exact) mass is 515 g/mol. The number of nitrogens with zero attached hydrogens (tertiary/aromatic N) is 3. The third-order valence-corrected chi connectivity index (χ3v) is 8.08. The molecule has 3 saturated heterocycles. The molecule has 0 aromatic heterocycles. The molecule has 3 fully saturated rings. The van der Waals surface area contributed by atoms with E-state index in [2.05, 4.69) is 13.2 Å². The minimum absolute atomic E-state index is 0.126. The molecule has 1 aromatic rings. The van der Waals surface area contributed by atoms with Crippen LogP contribution < -0.4 is 4.90 Å². The topological polar surface area (TPSA) is 90.4 Å². The zero-order valence-corrected chi connectivity index (χ0v) is 21.6. The molecule has 2 bridgehead atoms. The summed E-state index contributed by atoms with van der Waals surface area (Å²) in [5, 5.41) is 10.1. The van der Waals surface area contributed by atoms with Gasteiger partial charge < -0.3 is 24.5 Å². The molecule has 2 unspecified atom stereocenters. The molecule has 3 amide bonds. The van der Waals surface area contributed by atoms with Crippen LogP contribution in [-0.2, 0) is 19.1 Å². The lowest BCUT2D eigenvalue weighted by molar-refractivity contribution is -0.149. The van der Waals surface area contributed by atoms with Crippen LogP contribution in [-0.4, -0.2) is 83.2 Å². The van der Waals surface area contributed by atoms with Gasteiger partial charge in [-0.1, -0.05) is 23.8 Å². The molecule has 0 radical (unpaired) electrons. The first-order chi connectivity index (χ1) is 17.1. The largest absolute Gasteiger partial charge is 0.396 e. The first kappa shape index (κ1) is 26.4. The van der Waals surface area contributed by atoms with E-state index in [1.165, 1.54) is 4.90 Å². The van der Waals surface area contributed by atoms with Crippen LogP contribution in [0, 0.1) is 11.8 Å². The molecule has 194 valence electrons. The summed E-state index contributed by atoms with van der Waals surface area (Å²) in [6.07, 6.45) is 4.63. The number of aliphatic hydroxyl groups excluding tert-OH is 1. The predicted octanol–water partition coefficient (Wildman–Crippen LogP) is 2.65. The molecule has 8 nitrogen and oxygen atoms in total. The number of benzene rings is 1. The van der Waals surface area contributed by atoms with Crippen molar-refractivity contribution in [2.75, 3.05) is 38.2 Å². The minimum Gasteiger partial charge on any atom is -0.396 e. The van der Waals surface area contributed by atoms with Crippen LogP contribution >= 0.6 is 11.6 Å². The number of likely N-dealkylation sites (N-methyl/N-ethyl adjacent to an activating group) is 1. The average molecular weight is 516 g/mol. The summed E-state index contributed by atoms with van der Waals surface area (Å²) in [7, 11) is 1.68. The standard InChI is InChI=1S/C27H34ClN3O5/c1-5-14-29(4)23(33)20-21-24(34)31(16-7-17-32)22(27(21)13-12-26(20,3)36-27)25(35)30(15-6-2)19-10-8-18(28)9-11-19/h5-6,8-11,20-22,32H,1-2,7,12-17H2,3-4H3/t20-,21-,22?,26+,27?/m0/s1. The maximum absolute atomic E-state index is 14.3. The fourth-order valence-electron chi connectivity index (χ4n) is 6.30. The fourth-order valence-corrected chi connectivity index (χ4v) is 6.43. The normalized spacial score (nSPS) is 30.3. The second kappa shape index (κ2) is 10.00. The highest BCUT2D eigenvalue weighted by molar-refractivity contribution is 6.30. The van der Waals surface area contributed by atoms with Gasteiger partial charge in [0.05, 0.1) is 17.4 Å². The molecule has 1 aromatic carbocycles. The number of amides is 3. The molecule has 1 N–H and O–H groups in total.